The van der Waals surface area contributed by atoms with Gasteiger partial charge in [-0.05, 0) is 28.5 Å². The van der Waals surface area contributed by atoms with Gasteiger partial charge in [-0.3, -0.25) is 15.4 Å². The maximum atomic E-state index is 13.4. The van der Waals surface area contributed by atoms with Gasteiger partial charge < -0.3 is 5.32 Å². The monoisotopic (exact) mass is 364 g/mol. The number of nitrogens with one attached hydrogen (secondary N) is 3. The molecular formula is C15H17FN6O2S. The van der Waals surface area contributed by atoms with Crippen molar-refractivity contribution < 1.29 is 14.2 Å². The summed E-state index contributed by atoms with van der Waals surface area (Å²) in [5, 5.41) is 19.8. The van der Waals surface area contributed by atoms with Gasteiger partial charge in [0.05, 0.1) is 11.3 Å². The minimum absolute atomic E-state index is 0.0192. The summed E-state index contributed by atoms with van der Waals surface area (Å²) < 4.78 is 21.3. The first kappa shape index (κ1) is 18.7. The van der Waals surface area contributed by atoms with Crippen molar-refractivity contribution in [3.8, 4) is 12.3 Å². The topological polar surface area (TPSA) is 108 Å². The lowest BCUT2D eigenvalue weighted by molar-refractivity contribution is 0.234. The molecule has 1 aromatic heterocycles. The third-order valence-electron chi connectivity index (χ3n) is 2.93. The molecule has 0 aliphatic rings. The van der Waals surface area contributed by atoms with Gasteiger partial charge in [0.1, 0.15) is 5.82 Å². The average molecular weight is 364 g/mol. The Hall–Kier alpha value is -2.61. The number of terminal acetylenes is 1. The quantitative estimate of drug-likeness (QED) is 0.141. The van der Waals surface area contributed by atoms with Gasteiger partial charge in [-0.15, -0.1) is 6.42 Å². The molecule has 0 saturated heterocycles. The standard InChI is InChI=1S/C15H17FN6O2S/c1-3-10-9-11(5-6-12(10)16)19-15(20-23)13-14(22-24-21-13)17-7-8-18-25-4-2/h1,5-6,9,18,23H,4,7-8H2,2H3,(H,17,22)(H,19,20). The van der Waals surface area contributed by atoms with Gasteiger partial charge in [-0.1, -0.05) is 24.8 Å². The van der Waals surface area contributed by atoms with Gasteiger partial charge in [-0.2, -0.15) is 0 Å². The molecule has 0 saturated carbocycles. The zero-order valence-corrected chi connectivity index (χ0v) is 14.2. The van der Waals surface area contributed by atoms with Crippen LogP contribution in [0.3, 0.4) is 0 Å². The van der Waals surface area contributed by atoms with Crippen molar-refractivity contribution >= 4 is 29.3 Å². The number of aliphatic imine (C=N–C) groups is 1. The predicted octanol–water partition coefficient (Wildman–Crippen LogP) is 1.92. The molecule has 0 aliphatic heterocycles. The van der Waals surface area contributed by atoms with Gasteiger partial charge in [0.25, 0.3) is 0 Å². The minimum atomic E-state index is -0.525. The van der Waals surface area contributed by atoms with Gasteiger partial charge in [0.15, 0.2) is 11.5 Å². The number of aromatic nitrogens is 2. The van der Waals surface area contributed by atoms with E-state index in [1.165, 1.54) is 18.2 Å². The summed E-state index contributed by atoms with van der Waals surface area (Å²) in [6, 6.07) is 3.99. The van der Waals surface area contributed by atoms with Crippen molar-refractivity contribution in [1.29, 1.82) is 0 Å². The van der Waals surface area contributed by atoms with Crippen molar-refractivity contribution in [2.45, 2.75) is 6.92 Å². The molecule has 25 heavy (non-hydrogen) atoms. The zero-order valence-electron chi connectivity index (χ0n) is 13.4. The van der Waals surface area contributed by atoms with E-state index >= 15 is 0 Å². The number of hydroxylamine groups is 1. The van der Waals surface area contributed by atoms with E-state index in [0.717, 1.165) is 5.75 Å². The van der Waals surface area contributed by atoms with Crippen LogP contribution in [0.1, 0.15) is 18.2 Å². The van der Waals surface area contributed by atoms with E-state index in [1.54, 1.807) is 11.9 Å². The van der Waals surface area contributed by atoms with Crippen LogP contribution in [0.4, 0.5) is 15.9 Å². The van der Waals surface area contributed by atoms with Crippen molar-refractivity contribution in [2.75, 3.05) is 24.2 Å². The molecule has 10 heteroatoms. The Morgan fingerprint density at radius 1 is 1.44 bits per heavy atom. The highest BCUT2D eigenvalue weighted by Gasteiger charge is 2.16. The first-order chi connectivity index (χ1) is 12.2. The molecule has 0 fully saturated rings. The fraction of sp³-hybridized carbons (Fsp3) is 0.267. The maximum absolute atomic E-state index is 13.4. The molecule has 0 bridgehead atoms. The fourth-order valence-corrected chi connectivity index (χ4v) is 2.27. The van der Waals surface area contributed by atoms with E-state index in [0.29, 0.717) is 24.6 Å². The van der Waals surface area contributed by atoms with Crippen LogP contribution < -0.4 is 15.5 Å². The van der Waals surface area contributed by atoms with E-state index in [9.17, 15) is 9.60 Å². The number of rotatable bonds is 8. The molecule has 2 aromatic rings. The second-order valence-corrected chi connectivity index (χ2v) is 5.75. The van der Waals surface area contributed by atoms with Gasteiger partial charge in [0.2, 0.25) is 5.82 Å². The second-order valence-electron chi connectivity index (χ2n) is 4.60. The first-order valence-corrected chi connectivity index (χ1v) is 8.34. The van der Waals surface area contributed by atoms with E-state index in [1.807, 2.05) is 12.4 Å². The minimum Gasteiger partial charge on any atom is -0.364 e. The highest BCUT2D eigenvalue weighted by Crippen LogP contribution is 2.19. The number of nitrogens with zero attached hydrogens (tertiary/aromatic N) is 3. The Balaban J connectivity index is 2.15. The summed E-state index contributed by atoms with van der Waals surface area (Å²) in [6.45, 7) is 3.29. The lowest BCUT2D eigenvalue weighted by atomic mass is 10.2. The highest BCUT2D eigenvalue weighted by atomic mass is 32.2. The smallest absolute Gasteiger partial charge is 0.202 e. The molecule has 0 unspecified atom stereocenters. The van der Waals surface area contributed by atoms with Crippen LogP contribution in [0, 0.1) is 18.2 Å². The van der Waals surface area contributed by atoms with Crippen molar-refractivity contribution in [1.82, 2.24) is 20.5 Å². The number of amidine groups is 1. The Morgan fingerprint density at radius 2 is 2.28 bits per heavy atom. The fourth-order valence-electron chi connectivity index (χ4n) is 1.82. The summed E-state index contributed by atoms with van der Waals surface area (Å²) in [5.41, 5.74) is 2.52. The summed E-state index contributed by atoms with van der Waals surface area (Å²) in [4.78, 5) is 4.16. The molecule has 4 N–H and O–H groups in total. The SMILES string of the molecule is C#Cc1cc(N=C(NO)c2nonc2NCCNSCC)ccc1F. The molecule has 1 heterocycles. The zero-order chi connectivity index (χ0) is 18.1. The first-order valence-electron chi connectivity index (χ1n) is 7.36. The van der Waals surface area contributed by atoms with Gasteiger partial charge in [-0.25, -0.2) is 14.0 Å². The molecule has 2 rings (SSSR count). The van der Waals surface area contributed by atoms with E-state index in [-0.39, 0.29) is 17.1 Å². The Kier molecular flexibility index (Phi) is 7.21. The van der Waals surface area contributed by atoms with Crippen molar-refractivity contribution in [3.63, 3.8) is 0 Å². The van der Waals surface area contributed by atoms with Crippen LogP contribution in [-0.2, 0) is 0 Å². The third-order valence-corrected chi connectivity index (χ3v) is 3.63. The Labute approximate surface area is 148 Å². The van der Waals surface area contributed by atoms with Gasteiger partial charge >= 0.3 is 0 Å². The number of anilines is 1. The summed E-state index contributed by atoms with van der Waals surface area (Å²) in [6.07, 6.45) is 5.23. The normalized spacial score (nSPS) is 11.2. The van der Waals surface area contributed by atoms with E-state index in [4.69, 9.17) is 11.1 Å². The molecule has 132 valence electrons. The molecule has 1 aromatic carbocycles. The number of halogens is 1. The molecule has 0 aliphatic carbocycles. The van der Waals surface area contributed by atoms with E-state index < -0.39 is 5.82 Å². The predicted molar refractivity (Wildman–Crippen MR) is 94.4 cm³/mol. The average Bonchev–Trinajstić information content (AvgIpc) is 3.09. The Bertz CT molecular complexity index is 774. The molecular weight excluding hydrogens is 347 g/mol. The summed E-state index contributed by atoms with van der Waals surface area (Å²) in [7, 11) is 0. The third kappa shape index (κ3) is 5.18. The molecule has 0 atom stereocenters. The lowest BCUT2D eigenvalue weighted by Crippen LogP contribution is -2.23. The lowest BCUT2D eigenvalue weighted by Gasteiger charge is -2.06. The van der Waals surface area contributed by atoms with Gasteiger partial charge in [0, 0.05) is 18.8 Å². The van der Waals surface area contributed by atoms with Crippen LogP contribution in [0.25, 0.3) is 0 Å². The van der Waals surface area contributed by atoms with E-state index in [2.05, 4.69) is 31.3 Å². The summed E-state index contributed by atoms with van der Waals surface area (Å²) in [5.74, 6) is 2.94. The molecule has 0 radical (unpaired) electrons. The highest BCUT2D eigenvalue weighted by molar-refractivity contribution is 7.97. The van der Waals surface area contributed by atoms with Crippen LogP contribution in [0.15, 0.2) is 27.8 Å². The molecule has 0 amide bonds. The van der Waals surface area contributed by atoms with Crippen LogP contribution in [0.2, 0.25) is 0 Å². The number of hydrogen-bond acceptors (Lipinski definition) is 8. The van der Waals surface area contributed by atoms with Crippen molar-refractivity contribution in [3.05, 3.63) is 35.3 Å². The van der Waals surface area contributed by atoms with Crippen molar-refractivity contribution in [2.24, 2.45) is 4.99 Å². The molecule has 0 spiro atoms. The number of benzene rings is 1. The van der Waals surface area contributed by atoms with Crippen LogP contribution >= 0.6 is 11.9 Å². The summed E-state index contributed by atoms with van der Waals surface area (Å²) >= 11 is 1.59. The molecule has 8 nitrogen and oxygen atoms in total. The second kappa shape index (κ2) is 9.63. The number of hydrogen-bond donors (Lipinski definition) is 4. The largest absolute Gasteiger partial charge is 0.364 e. The van der Waals surface area contributed by atoms with Crippen LogP contribution in [-0.4, -0.2) is 40.2 Å². The van der Waals surface area contributed by atoms with Crippen LogP contribution in [0.5, 0.6) is 0 Å². The maximum Gasteiger partial charge on any atom is 0.202 e. The Morgan fingerprint density at radius 3 is 3.00 bits per heavy atom.